The van der Waals surface area contributed by atoms with Crippen LogP contribution in [0.4, 0.5) is 18.0 Å². The van der Waals surface area contributed by atoms with Crippen molar-refractivity contribution in [3.63, 3.8) is 0 Å². The summed E-state index contributed by atoms with van der Waals surface area (Å²) in [5.74, 6) is 0. The van der Waals surface area contributed by atoms with Crippen LogP contribution in [-0.4, -0.2) is 39.5 Å². The topological polar surface area (TPSA) is 81.1 Å². The average molecular weight is 536 g/mol. The number of nitrogens with one attached hydrogen (secondary N) is 2. The molecule has 0 saturated heterocycles. The molecule has 11 heteroatoms. The third-order valence-corrected chi connectivity index (χ3v) is 6.37. The maximum absolute atomic E-state index is 12.8. The van der Waals surface area contributed by atoms with Crippen molar-refractivity contribution >= 4 is 18.0 Å². The number of nitrogens with zero attached hydrogens (tertiary/aromatic N) is 3. The molecule has 0 unspecified atom stereocenters. The van der Waals surface area contributed by atoms with Gasteiger partial charge in [-0.3, -0.25) is 9.40 Å². The number of carbonyl (C=O) groups excluding carboxylic acids is 1. The number of alkyl carbamates (subject to hydrolysis) is 1. The van der Waals surface area contributed by atoms with E-state index in [-0.39, 0.29) is 11.5 Å². The zero-order valence-corrected chi connectivity index (χ0v) is 22.1. The lowest BCUT2D eigenvalue weighted by Gasteiger charge is -2.30. The van der Waals surface area contributed by atoms with Gasteiger partial charge in [0.25, 0.3) is 0 Å². The lowest BCUT2D eigenvalue weighted by molar-refractivity contribution is -0.137. The largest absolute Gasteiger partial charge is 0.444 e. The first-order chi connectivity index (χ1) is 17.4. The van der Waals surface area contributed by atoms with E-state index in [4.69, 9.17) is 4.74 Å². The molecule has 0 aliphatic carbocycles. The minimum absolute atomic E-state index is 0.110. The van der Waals surface area contributed by atoms with Gasteiger partial charge in [0.15, 0.2) is 0 Å². The summed E-state index contributed by atoms with van der Waals surface area (Å²) in [7, 11) is 0. The average Bonchev–Trinajstić information content (AvgIpc) is 3.30. The van der Waals surface area contributed by atoms with Gasteiger partial charge in [-0.05, 0) is 55.6 Å². The summed E-state index contributed by atoms with van der Waals surface area (Å²) in [5.41, 5.74) is 0.0267. The third-order valence-electron chi connectivity index (χ3n) is 5.57. The highest BCUT2D eigenvalue weighted by atomic mass is 32.2. The van der Waals surface area contributed by atoms with Gasteiger partial charge >= 0.3 is 12.3 Å². The zero-order valence-electron chi connectivity index (χ0n) is 21.2. The highest BCUT2D eigenvalue weighted by Gasteiger charge is 2.31. The predicted octanol–water partition coefficient (Wildman–Crippen LogP) is 6.18. The van der Waals surface area contributed by atoms with Gasteiger partial charge in [-0.15, -0.1) is 0 Å². The van der Waals surface area contributed by atoms with E-state index in [1.54, 1.807) is 23.1 Å². The van der Waals surface area contributed by atoms with Crippen LogP contribution < -0.4 is 10.0 Å². The van der Waals surface area contributed by atoms with Crippen molar-refractivity contribution in [1.29, 1.82) is 0 Å². The van der Waals surface area contributed by atoms with Gasteiger partial charge in [-0.2, -0.15) is 18.3 Å². The number of alkyl halides is 3. The summed E-state index contributed by atoms with van der Waals surface area (Å²) in [6.07, 6.45) is -1.24. The number of amides is 1. The van der Waals surface area contributed by atoms with Crippen LogP contribution in [0.1, 0.15) is 39.7 Å². The van der Waals surface area contributed by atoms with Crippen molar-refractivity contribution in [2.24, 2.45) is 5.41 Å². The summed E-state index contributed by atoms with van der Waals surface area (Å²) >= 11 is 1.43. The molecule has 7 nitrogen and oxygen atoms in total. The lowest BCUT2D eigenvalue weighted by atomic mass is 9.89. The monoisotopic (exact) mass is 535 g/mol. The second-order valence-electron chi connectivity index (χ2n) is 9.76. The predicted molar refractivity (Wildman–Crippen MR) is 138 cm³/mol. The van der Waals surface area contributed by atoms with E-state index >= 15 is 0 Å². The van der Waals surface area contributed by atoms with Crippen molar-refractivity contribution in [3.05, 3.63) is 66.5 Å². The molecule has 37 heavy (non-hydrogen) atoms. The molecule has 3 rings (SSSR count). The van der Waals surface area contributed by atoms with Crippen LogP contribution in [0.2, 0.25) is 0 Å². The number of benzene rings is 1. The first-order valence-electron chi connectivity index (χ1n) is 11.9. The van der Waals surface area contributed by atoms with Crippen molar-refractivity contribution in [3.8, 4) is 11.3 Å². The fourth-order valence-corrected chi connectivity index (χ4v) is 3.98. The molecule has 3 aromatic rings. The quantitative estimate of drug-likeness (QED) is 0.238. The van der Waals surface area contributed by atoms with Crippen LogP contribution >= 0.6 is 11.9 Å². The number of ether oxygens (including phenoxy) is 1. The standard InChI is InChI=1S/C26H32F3N5O2S/c1-18(12-15-31-37-23-7-5-6-14-30-23)32-24(35)36-22(25(2,3)4)17-34-16-13-21(33-34)19-8-10-20(11-9-19)26(27,28)29/h5-11,13-14,16,18,22,31H,12,15,17H2,1-4H3,(H,32,35)/t18-,22+/m0/s1. The molecule has 0 saturated carbocycles. The Balaban J connectivity index is 1.51. The molecule has 0 aliphatic heterocycles. The highest BCUT2D eigenvalue weighted by molar-refractivity contribution is 7.97. The number of carbonyl (C=O) groups is 1. The zero-order chi connectivity index (χ0) is 27.1. The van der Waals surface area contributed by atoms with Crippen molar-refractivity contribution in [2.75, 3.05) is 6.54 Å². The van der Waals surface area contributed by atoms with Gasteiger partial charge in [0.05, 0.1) is 17.8 Å². The molecule has 200 valence electrons. The molecule has 2 aromatic heterocycles. The summed E-state index contributed by atoms with van der Waals surface area (Å²) in [4.78, 5) is 16.8. The highest BCUT2D eigenvalue weighted by Crippen LogP contribution is 2.31. The van der Waals surface area contributed by atoms with Gasteiger partial charge < -0.3 is 10.1 Å². The van der Waals surface area contributed by atoms with Gasteiger partial charge in [-0.25, -0.2) is 9.78 Å². The van der Waals surface area contributed by atoms with E-state index in [2.05, 4.69) is 20.1 Å². The molecule has 1 aromatic carbocycles. The van der Waals surface area contributed by atoms with Crippen LogP contribution in [0.5, 0.6) is 0 Å². The molecule has 1 amide bonds. The summed E-state index contributed by atoms with van der Waals surface area (Å²) in [6.45, 7) is 8.78. The molecule has 0 bridgehead atoms. The molecule has 2 heterocycles. The minimum atomic E-state index is -4.39. The van der Waals surface area contributed by atoms with Crippen LogP contribution in [0, 0.1) is 5.41 Å². The number of pyridine rings is 1. The summed E-state index contributed by atoms with van der Waals surface area (Å²) in [6, 6.07) is 12.2. The number of halogens is 3. The van der Waals surface area contributed by atoms with Crippen LogP contribution in [0.3, 0.4) is 0 Å². The molecule has 2 atom stereocenters. The van der Waals surface area contributed by atoms with Crippen molar-refractivity contribution in [1.82, 2.24) is 24.8 Å². The number of hydrogen-bond donors (Lipinski definition) is 2. The number of hydrogen-bond acceptors (Lipinski definition) is 6. The summed E-state index contributed by atoms with van der Waals surface area (Å²) in [5, 5.41) is 8.22. The smallest absolute Gasteiger partial charge is 0.416 e. The van der Waals surface area contributed by atoms with E-state index in [0.29, 0.717) is 30.8 Å². The van der Waals surface area contributed by atoms with Crippen molar-refractivity contribution < 1.29 is 22.7 Å². The van der Waals surface area contributed by atoms with Gasteiger partial charge in [-0.1, -0.05) is 39.0 Å². The van der Waals surface area contributed by atoms with E-state index in [9.17, 15) is 18.0 Å². The fraction of sp³-hybridized carbons (Fsp3) is 0.423. The Hall–Kier alpha value is -3.05. The number of aromatic nitrogens is 3. The van der Waals surface area contributed by atoms with E-state index in [1.807, 2.05) is 45.9 Å². The molecule has 0 spiro atoms. The minimum Gasteiger partial charge on any atom is -0.444 e. The Bertz CT molecular complexity index is 1130. The van der Waals surface area contributed by atoms with Crippen LogP contribution in [0.25, 0.3) is 11.3 Å². The van der Waals surface area contributed by atoms with E-state index < -0.39 is 23.9 Å². The van der Waals surface area contributed by atoms with Gasteiger partial charge in [0.1, 0.15) is 11.1 Å². The fourth-order valence-electron chi connectivity index (χ4n) is 3.35. The number of rotatable bonds is 10. The first kappa shape index (κ1) is 28.5. The Morgan fingerprint density at radius 2 is 1.84 bits per heavy atom. The first-order valence-corrected chi connectivity index (χ1v) is 12.7. The Labute approximate surface area is 219 Å². The lowest BCUT2D eigenvalue weighted by Crippen LogP contribution is -2.42. The van der Waals surface area contributed by atoms with Crippen molar-refractivity contribution in [2.45, 2.75) is 64.0 Å². The molecule has 0 radical (unpaired) electrons. The van der Waals surface area contributed by atoms with E-state index in [0.717, 1.165) is 17.2 Å². The second-order valence-corrected chi connectivity index (χ2v) is 10.7. The third kappa shape index (κ3) is 9.08. The maximum atomic E-state index is 12.8. The van der Waals surface area contributed by atoms with E-state index in [1.165, 1.54) is 24.1 Å². The molecular weight excluding hydrogens is 503 g/mol. The SMILES string of the molecule is C[C@@H](CCNSc1ccccn1)NC(=O)O[C@H](Cn1ccc(-c2ccc(C(F)(F)F)cc2)n1)C(C)(C)C. The Morgan fingerprint density at radius 3 is 2.46 bits per heavy atom. The normalized spacial score (nSPS) is 13.7. The Kier molecular flexibility index (Phi) is 9.61. The van der Waals surface area contributed by atoms with Crippen LogP contribution in [-0.2, 0) is 17.5 Å². The maximum Gasteiger partial charge on any atom is 0.416 e. The molecule has 2 N–H and O–H groups in total. The second kappa shape index (κ2) is 12.5. The van der Waals surface area contributed by atoms with Gasteiger partial charge in [0, 0.05) is 36.0 Å². The summed E-state index contributed by atoms with van der Waals surface area (Å²) < 4.78 is 49.1. The molecule has 0 fully saturated rings. The molecule has 0 aliphatic rings. The molecular formula is C26H32F3N5O2S. The Morgan fingerprint density at radius 1 is 1.11 bits per heavy atom. The van der Waals surface area contributed by atoms with Crippen LogP contribution in [0.15, 0.2) is 66.0 Å². The van der Waals surface area contributed by atoms with Gasteiger partial charge in [0.2, 0.25) is 0 Å².